The number of rotatable bonds is 4. The van der Waals surface area contributed by atoms with Crippen molar-refractivity contribution in [3.8, 4) is 11.5 Å². The van der Waals surface area contributed by atoms with Crippen LogP contribution in [0.1, 0.15) is 30.7 Å². The maximum Gasteiger partial charge on any atom is 0.145 e. The molecule has 100 valence electrons. The molecule has 0 saturated carbocycles. The number of halogens is 1. The van der Waals surface area contributed by atoms with Crippen molar-refractivity contribution in [1.82, 2.24) is 4.98 Å². The smallest absolute Gasteiger partial charge is 0.145 e. The van der Waals surface area contributed by atoms with E-state index in [4.69, 9.17) is 4.74 Å². The van der Waals surface area contributed by atoms with Crippen LogP contribution in [0, 0.1) is 12.7 Å². The molecule has 1 aromatic carbocycles. The fourth-order valence-electron chi connectivity index (χ4n) is 1.67. The topological polar surface area (TPSA) is 42.4 Å². The summed E-state index contributed by atoms with van der Waals surface area (Å²) in [5.74, 6) is 0.637. The van der Waals surface area contributed by atoms with Crippen LogP contribution < -0.4 is 4.74 Å². The number of nitrogens with zero attached hydrogens (tertiary/aromatic N) is 1. The molecular weight excluding hydrogens is 245 g/mol. The standard InChI is InChI=1S/C15H16FNO2/c1-3-14(18)13-7-6-12(9-17-13)19-15-8-11(16)5-4-10(15)2/h4-9,14,18H,3H2,1-2H3. The first-order valence-electron chi connectivity index (χ1n) is 6.18. The predicted octanol–water partition coefficient (Wildman–Crippen LogP) is 3.76. The molecule has 0 saturated heterocycles. The van der Waals surface area contributed by atoms with Crippen molar-refractivity contribution in [2.24, 2.45) is 0 Å². The Kier molecular flexibility index (Phi) is 4.12. The SMILES string of the molecule is CCC(O)c1ccc(Oc2cc(F)ccc2C)cn1. The van der Waals surface area contributed by atoms with E-state index >= 15 is 0 Å². The number of aromatic nitrogens is 1. The van der Waals surface area contributed by atoms with Crippen LogP contribution in [-0.2, 0) is 0 Å². The summed E-state index contributed by atoms with van der Waals surface area (Å²) in [6.07, 6.45) is 1.57. The summed E-state index contributed by atoms with van der Waals surface area (Å²) in [5, 5.41) is 9.64. The highest BCUT2D eigenvalue weighted by Gasteiger charge is 2.07. The number of hydrogen-bond acceptors (Lipinski definition) is 3. The van der Waals surface area contributed by atoms with E-state index in [0.717, 1.165) is 5.56 Å². The van der Waals surface area contributed by atoms with Crippen molar-refractivity contribution in [2.45, 2.75) is 26.4 Å². The number of hydrogen-bond donors (Lipinski definition) is 1. The quantitative estimate of drug-likeness (QED) is 0.911. The van der Waals surface area contributed by atoms with Gasteiger partial charge in [-0.15, -0.1) is 0 Å². The van der Waals surface area contributed by atoms with Crippen LogP contribution in [0.3, 0.4) is 0 Å². The molecule has 4 heteroatoms. The average molecular weight is 261 g/mol. The monoisotopic (exact) mass is 261 g/mol. The summed E-state index contributed by atoms with van der Waals surface area (Å²) in [4.78, 5) is 4.13. The minimum Gasteiger partial charge on any atom is -0.455 e. The number of aliphatic hydroxyl groups is 1. The van der Waals surface area contributed by atoms with Crippen LogP contribution in [0.25, 0.3) is 0 Å². The summed E-state index contributed by atoms with van der Waals surface area (Å²) in [6.45, 7) is 3.73. The highest BCUT2D eigenvalue weighted by Crippen LogP contribution is 2.26. The largest absolute Gasteiger partial charge is 0.455 e. The molecule has 0 spiro atoms. The molecule has 0 fully saturated rings. The van der Waals surface area contributed by atoms with E-state index in [0.29, 0.717) is 23.6 Å². The molecule has 1 N–H and O–H groups in total. The molecule has 19 heavy (non-hydrogen) atoms. The van der Waals surface area contributed by atoms with E-state index in [1.54, 1.807) is 18.2 Å². The first-order chi connectivity index (χ1) is 9.10. The predicted molar refractivity (Wildman–Crippen MR) is 70.7 cm³/mol. The Morgan fingerprint density at radius 2 is 2.11 bits per heavy atom. The third-order valence-electron chi connectivity index (χ3n) is 2.87. The Morgan fingerprint density at radius 1 is 1.32 bits per heavy atom. The van der Waals surface area contributed by atoms with Crippen LogP contribution in [0.4, 0.5) is 4.39 Å². The minimum absolute atomic E-state index is 0.341. The number of pyridine rings is 1. The van der Waals surface area contributed by atoms with Gasteiger partial charge in [0.1, 0.15) is 17.3 Å². The Hall–Kier alpha value is -1.94. The molecule has 0 amide bonds. The fourth-order valence-corrected chi connectivity index (χ4v) is 1.67. The molecule has 1 aromatic heterocycles. The molecule has 0 aliphatic carbocycles. The van der Waals surface area contributed by atoms with Gasteiger partial charge in [0.05, 0.1) is 18.0 Å². The van der Waals surface area contributed by atoms with Gasteiger partial charge in [-0.2, -0.15) is 0 Å². The van der Waals surface area contributed by atoms with E-state index in [9.17, 15) is 9.50 Å². The summed E-state index contributed by atoms with van der Waals surface area (Å²) >= 11 is 0. The second kappa shape index (κ2) is 5.80. The van der Waals surface area contributed by atoms with Gasteiger partial charge in [-0.1, -0.05) is 13.0 Å². The normalized spacial score (nSPS) is 12.2. The molecule has 1 heterocycles. The van der Waals surface area contributed by atoms with Crippen LogP contribution >= 0.6 is 0 Å². The fraction of sp³-hybridized carbons (Fsp3) is 0.267. The van der Waals surface area contributed by atoms with E-state index in [-0.39, 0.29) is 5.82 Å². The summed E-state index contributed by atoms with van der Waals surface area (Å²) in [6, 6.07) is 7.81. The highest BCUT2D eigenvalue weighted by atomic mass is 19.1. The van der Waals surface area contributed by atoms with E-state index in [1.165, 1.54) is 18.3 Å². The first-order valence-corrected chi connectivity index (χ1v) is 6.18. The van der Waals surface area contributed by atoms with Gasteiger partial charge in [0.2, 0.25) is 0 Å². The zero-order valence-corrected chi connectivity index (χ0v) is 10.9. The Morgan fingerprint density at radius 3 is 2.74 bits per heavy atom. The lowest BCUT2D eigenvalue weighted by Crippen LogP contribution is -1.98. The van der Waals surface area contributed by atoms with Gasteiger partial charge in [-0.3, -0.25) is 4.98 Å². The maximum absolute atomic E-state index is 13.1. The third kappa shape index (κ3) is 3.29. The third-order valence-corrected chi connectivity index (χ3v) is 2.87. The van der Waals surface area contributed by atoms with Crippen molar-refractivity contribution in [2.75, 3.05) is 0 Å². The molecule has 1 atom stereocenters. The lowest BCUT2D eigenvalue weighted by atomic mass is 10.2. The zero-order valence-electron chi connectivity index (χ0n) is 10.9. The van der Waals surface area contributed by atoms with Crippen molar-refractivity contribution >= 4 is 0 Å². The highest BCUT2D eigenvalue weighted by molar-refractivity contribution is 5.36. The number of aliphatic hydroxyl groups excluding tert-OH is 1. The summed E-state index contributed by atoms with van der Waals surface area (Å²) in [5.41, 5.74) is 1.45. The minimum atomic E-state index is -0.565. The van der Waals surface area contributed by atoms with Crippen LogP contribution in [0.5, 0.6) is 11.5 Å². The number of aryl methyl sites for hydroxylation is 1. The van der Waals surface area contributed by atoms with Crippen LogP contribution in [0.2, 0.25) is 0 Å². The van der Waals surface area contributed by atoms with Crippen molar-refractivity contribution in [3.05, 3.63) is 53.6 Å². The Labute approximate surface area is 111 Å². The lowest BCUT2D eigenvalue weighted by molar-refractivity contribution is 0.169. The molecule has 3 nitrogen and oxygen atoms in total. The van der Waals surface area contributed by atoms with Crippen molar-refractivity contribution in [3.63, 3.8) is 0 Å². The van der Waals surface area contributed by atoms with Gasteiger partial charge in [0.25, 0.3) is 0 Å². The van der Waals surface area contributed by atoms with Gasteiger partial charge < -0.3 is 9.84 Å². The van der Waals surface area contributed by atoms with Gasteiger partial charge >= 0.3 is 0 Å². The Balaban J connectivity index is 2.17. The van der Waals surface area contributed by atoms with E-state index < -0.39 is 6.10 Å². The summed E-state index contributed by atoms with van der Waals surface area (Å²) in [7, 11) is 0. The van der Waals surface area contributed by atoms with E-state index in [1.807, 2.05) is 13.8 Å². The zero-order chi connectivity index (χ0) is 13.8. The van der Waals surface area contributed by atoms with Gasteiger partial charge in [0, 0.05) is 6.07 Å². The molecule has 0 aliphatic rings. The number of benzene rings is 1. The van der Waals surface area contributed by atoms with Gasteiger partial charge in [-0.25, -0.2) is 4.39 Å². The molecule has 0 radical (unpaired) electrons. The Bertz CT molecular complexity index is 555. The molecule has 2 rings (SSSR count). The molecular formula is C15H16FNO2. The van der Waals surface area contributed by atoms with Crippen molar-refractivity contribution < 1.29 is 14.2 Å². The summed E-state index contributed by atoms with van der Waals surface area (Å²) < 4.78 is 18.7. The molecule has 0 bridgehead atoms. The first kappa shape index (κ1) is 13.5. The average Bonchev–Trinajstić information content (AvgIpc) is 2.43. The second-order valence-corrected chi connectivity index (χ2v) is 4.35. The van der Waals surface area contributed by atoms with E-state index in [2.05, 4.69) is 4.98 Å². The van der Waals surface area contributed by atoms with Crippen LogP contribution in [0.15, 0.2) is 36.5 Å². The molecule has 0 aliphatic heterocycles. The number of ether oxygens (including phenoxy) is 1. The van der Waals surface area contributed by atoms with Crippen molar-refractivity contribution in [1.29, 1.82) is 0 Å². The van der Waals surface area contributed by atoms with Gasteiger partial charge in [0.15, 0.2) is 0 Å². The molecule has 2 aromatic rings. The molecule has 1 unspecified atom stereocenters. The van der Waals surface area contributed by atoms with Crippen LogP contribution in [-0.4, -0.2) is 10.1 Å². The second-order valence-electron chi connectivity index (χ2n) is 4.35. The van der Waals surface area contributed by atoms with Gasteiger partial charge in [-0.05, 0) is 37.1 Å². The maximum atomic E-state index is 13.1. The lowest BCUT2D eigenvalue weighted by Gasteiger charge is -2.10.